The van der Waals surface area contributed by atoms with Gasteiger partial charge in [0.05, 0.1) is 29.1 Å². The summed E-state index contributed by atoms with van der Waals surface area (Å²) in [6, 6.07) is 6.42. The van der Waals surface area contributed by atoms with E-state index in [0.717, 1.165) is 22.9 Å². The Balaban J connectivity index is 1.78. The van der Waals surface area contributed by atoms with E-state index >= 15 is 0 Å². The van der Waals surface area contributed by atoms with E-state index < -0.39 is 56.3 Å². The van der Waals surface area contributed by atoms with Crippen molar-refractivity contribution < 1.29 is 30.8 Å². The van der Waals surface area contributed by atoms with Gasteiger partial charge < -0.3 is 4.42 Å². The summed E-state index contributed by atoms with van der Waals surface area (Å²) in [6.45, 7) is 0. The molecule has 1 N–H and O–H groups in total. The molecule has 0 aliphatic heterocycles. The van der Waals surface area contributed by atoms with Gasteiger partial charge in [-0.3, -0.25) is 23.3 Å². The van der Waals surface area contributed by atoms with Gasteiger partial charge in [0.25, 0.3) is 11.5 Å². The second kappa shape index (κ2) is 8.83. The highest BCUT2D eigenvalue weighted by molar-refractivity contribution is 7.89. The quantitative estimate of drug-likeness (QED) is 0.398. The number of benzene rings is 2. The van der Waals surface area contributed by atoms with Gasteiger partial charge in [-0.25, -0.2) is 22.7 Å². The van der Waals surface area contributed by atoms with Crippen LogP contribution >= 0.6 is 0 Å². The van der Waals surface area contributed by atoms with Crippen molar-refractivity contribution in [3.63, 3.8) is 0 Å². The summed E-state index contributed by atoms with van der Waals surface area (Å²) in [4.78, 5) is 51.9. The second-order valence-electron chi connectivity index (χ2n) is 9.08. The van der Waals surface area contributed by atoms with E-state index in [-0.39, 0.29) is 35.2 Å². The first kappa shape index (κ1) is 26.2. The van der Waals surface area contributed by atoms with Crippen LogP contribution in [-0.4, -0.2) is 34.3 Å². The molecular weight excluding hydrogens is 545 g/mol. The molecular formula is C24H19F3N4O7S. The number of aromatic nitrogens is 3. The molecule has 39 heavy (non-hydrogen) atoms. The number of fused-ring (bicyclic) bond motifs is 2. The number of aryl methyl sites for hydroxylation is 1. The second-order valence-corrected chi connectivity index (χ2v) is 10.8. The molecule has 4 aromatic rings. The summed E-state index contributed by atoms with van der Waals surface area (Å²) >= 11 is 0. The lowest BCUT2D eigenvalue weighted by Gasteiger charge is -2.19. The molecule has 2 aromatic carbocycles. The van der Waals surface area contributed by atoms with E-state index in [1.165, 1.54) is 35.9 Å². The molecule has 0 saturated carbocycles. The fourth-order valence-electron chi connectivity index (χ4n) is 4.85. The number of halogens is 3. The lowest BCUT2D eigenvalue weighted by Crippen LogP contribution is -2.46. The summed E-state index contributed by atoms with van der Waals surface area (Å²) < 4.78 is 73.8. The third-order valence-corrected chi connectivity index (χ3v) is 7.11. The Morgan fingerprint density at radius 1 is 1.13 bits per heavy atom. The number of oxazole rings is 1. The SMILES string of the molecule is Cn1c(=O)oc2cc(-n3cc(C(=O)NS(C)(=O)=O)c(=O)n([C@@H]4CCc5c4cccc5C(F)(F)F)c3=O)ccc21. The van der Waals surface area contributed by atoms with E-state index in [1.54, 1.807) is 4.72 Å². The van der Waals surface area contributed by atoms with Crippen LogP contribution in [0.5, 0.6) is 0 Å². The van der Waals surface area contributed by atoms with Gasteiger partial charge in [0, 0.05) is 19.3 Å². The van der Waals surface area contributed by atoms with Crippen molar-refractivity contribution in [3.8, 4) is 5.69 Å². The number of nitrogens with zero attached hydrogens (tertiary/aromatic N) is 3. The molecule has 204 valence electrons. The molecule has 0 spiro atoms. The molecule has 0 unspecified atom stereocenters. The van der Waals surface area contributed by atoms with Crippen LogP contribution in [0.2, 0.25) is 0 Å². The predicted octanol–water partition coefficient (Wildman–Crippen LogP) is 1.69. The van der Waals surface area contributed by atoms with E-state index in [1.807, 2.05) is 0 Å². The van der Waals surface area contributed by atoms with E-state index in [4.69, 9.17) is 4.42 Å². The van der Waals surface area contributed by atoms with Gasteiger partial charge in [-0.15, -0.1) is 0 Å². The molecule has 0 saturated heterocycles. The first-order valence-electron chi connectivity index (χ1n) is 11.4. The van der Waals surface area contributed by atoms with Crippen molar-refractivity contribution in [3.05, 3.63) is 96.2 Å². The van der Waals surface area contributed by atoms with Crippen molar-refractivity contribution in [2.75, 3.05) is 6.26 Å². The molecule has 11 nitrogen and oxygen atoms in total. The molecule has 2 heterocycles. The highest BCUT2D eigenvalue weighted by Gasteiger charge is 2.38. The van der Waals surface area contributed by atoms with Crippen molar-refractivity contribution in [2.45, 2.75) is 25.1 Å². The summed E-state index contributed by atoms with van der Waals surface area (Å²) in [5.41, 5.74) is -3.30. The number of alkyl halides is 3. The molecule has 5 rings (SSSR count). The number of hydrogen-bond acceptors (Lipinski definition) is 7. The van der Waals surface area contributed by atoms with Gasteiger partial charge >= 0.3 is 17.6 Å². The van der Waals surface area contributed by atoms with Gasteiger partial charge in [-0.2, -0.15) is 13.2 Å². The Labute approximate surface area is 216 Å². The minimum absolute atomic E-state index is 0.0475. The average molecular weight is 564 g/mol. The number of amides is 1. The highest BCUT2D eigenvalue weighted by Crippen LogP contribution is 2.41. The maximum Gasteiger partial charge on any atom is 0.419 e. The highest BCUT2D eigenvalue weighted by atomic mass is 32.2. The van der Waals surface area contributed by atoms with E-state index in [9.17, 15) is 40.8 Å². The van der Waals surface area contributed by atoms with Crippen LogP contribution in [0.1, 0.15) is 39.5 Å². The average Bonchev–Trinajstić information content (AvgIpc) is 3.37. The van der Waals surface area contributed by atoms with E-state index in [2.05, 4.69) is 0 Å². The van der Waals surface area contributed by atoms with Crippen LogP contribution in [0, 0.1) is 0 Å². The smallest absolute Gasteiger partial charge is 0.408 e. The number of nitrogens with one attached hydrogen (secondary N) is 1. The largest absolute Gasteiger partial charge is 0.419 e. The van der Waals surface area contributed by atoms with Crippen LogP contribution in [-0.2, 0) is 29.7 Å². The first-order chi connectivity index (χ1) is 18.2. The molecule has 15 heteroatoms. The Kier molecular flexibility index (Phi) is 5.93. The fraction of sp³-hybridized carbons (Fsp3) is 0.250. The van der Waals surface area contributed by atoms with Crippen LogP contribution in [0.25, 0.3) is 16.8 Å². The zero-order chi connectivity index (χ0) is 28.4. The summed E-state index contributed by atoms with van der Waals surface area (Å²) in [6.07, 6.45) is -3.29. The monoisotopic (exact) mass is 564 g/mol. The van der Waals surface area contributed by atoms with Crippen LogP contribution in [0.3, 0.4) is 0 Å². The molecule has 2 aromatic heterocycles. The van der Waals surface area contributed by atoms with Gasteiger partial charge in [0.2, 0.25) is 10.0 Å². The fourth-order valence-corrected chi connectivity index (χ4v) is 5.30. The maximum absolute atomic E-state index is 13.7. The van der Waals surface area contributed by atoms with Crippen molar-refractivity contribution >= 4 is 27.0 Å². The van der Waals surface area contributed by atoms with Crippen LogP contribution < -0.4 is 21.7 Å². The Hall–Kier alpha value is -4.40. The zero-order valence-electron chi connectivity index (χ0n) is 20.3. The third-order valence-electron chi connectivity index (χ3n) is 6.55. The molecule has 0 radical (unpaired) electrons. The molecule has 1 aliphatic carbocycles. The number of hydrogen-bond donors (Lipinski definition) is 1. The van der Waals surface area contributed by atoms with E-state index in [0.29, 0.717) is 16.3 Å². The molecule has 1 aliphatic rings. The topological polar surface area (TPSA) is 142 Å². The van der Waals surface area contributed by atoms with Gasteiger partial charge in [-0.1, -0.05) is 12.1 Å². The van der Waals surface area contributed by atoms with Gasteiger partial charge in [-0.05, 0) is 42.2 Å². The zero-order valence-corrected chi connectivity index (χ0v) is 21.1. The molecule has 1 amide bonds. The third kappa shape index (κ3) is 4.47. The predicted molar refractivity (Wildman–Crippen MR) is 132 cm³/mol. The van der Waals surface area contributed by atoms with Crippen molar-refractivity contribution in [1.82, 2.24) is 18.4 Å². The summed E-state index contributed by atoms with van der Waals surface area (Å²) in [7, 11) is -2.66. The van der Waals surface area contributed by atoms with Crippen molar-refractivity contribution in [2.24, 2.45) is 7.05 Å². The minimum Gasteiger partial charge on any atom is -0.408 e. The molecule has 0 bridgehead atoms. The Morgan fingerprint density at radius 2 is 1.85 bits per heavy atom. The number of rotatable bonds is 4. The van der Waals surface area contributed by atoms with Gasteiger partial charge in [0.1, 0.15) is 5.56 Å². The first-order valence-corrected chi connectivity index (χ1v) is 13.3. The van der Waals surface area contributed by atoms with Crippen LogP contribution in [0.15, 0.2) is 61.4 Å². The van der Waals surface area contributed by atoms with Crippen molar-refractivity contribution in [1.29, 1.82) is 0 Å². The maximum atomic E-state index is 13.7. The standard InChI is InChI=1S/C24H19F3N4O7S/c1-29-18-8-6-12(10-19(18)38-23(29)35)30-11-15(20(32)28-39(2,36)37)21(33)31(22(30)34)17-9-7-13-14(17)4-3-5-16(13)24(25,26)27/h3-6,8,10-11,17H,7,9H2,1-2H3,(H,28,32)/t17-/m1/s1. The lowest BCUT2D eigenvalue weighted by atomic mass is 10.0. The summed E-state index contributed by atoms with van der Waals surface area (Å²) in [5.74, 6) is -2.02. The van der Waals surface area contributed by atoms with Crippen LogP contribution in [0.4, 0.5) is 13.2 Å². The molecule has 0 fully saturated rings. The normalized spacial score (nSPS) is 15.5. The van der Waals surface area contributed by atoms with Gasteiger partial charge in [0.15, 0.2) is 5.58 Å². The minimum atomic E-state index is -4.67. The number of sulfonamides is 1. The summed E-state index contributed by atoms with van der Waals surface area (Å²) in [5, 5.41) is 0. The number of carbonyl (C=O) groups excluding carboxylic acids is 1. The number of carbonyl (C=O) groups is 1. The Bertz CT molecular complexity index is 1970. The Morgan fingerprint density at radius 3 is 2.51 bits per heavy atom. The lowest BCUT2D eigenvalue weighted by molar-refractivity contribution is -0.138. The molecule has 1 atom stereocenters.